The Kier molecular flexibility index (Phi) is 3.77. The number of thiophene rings is 1. The maximum Gasteiger partial charge on any atom is 0.264 e. The SMILES string of the molecule is Cc1ccc(C(=O)N2CCN(CC#N)CC2)s1. The van der Waals surface area contributed by atoms with Gasteiger partial charge >= 0.3 is 0 Å². The van der Waals surface area contributed by atoms with Crippen LogP contribution in [0, 0.1) is 18.3 Å². The van der Waals surface area contributed by atoms with Crippen molar-refractivity contribution in [2.75, 3.05) is 32.7 Å². The summed E-state index contributed by atoms with van der Waals surface area (Å²) in [7, 11) is 0. The van der Waals surface area contributed by atoms with Gasteiger partial charge in [-0.15, -0.1) is 11.3 Å². The van der Waals surface area contributed by atoms with Gasteiger partial charge in [0.2, 0.25) is 0 Å². The average molecular weight is 249 g/mol. The van der Waals surface area contributed by atoms with Crippen LogP contribution in [0.2, 0.25) is 0 Å². The fraction of sp³-hybridized carbons (Fsp3) is 0.500. The van der Waals surface area contributed by atoms with Crippen LogP contribution in [0.1, 0.15) is 14.5 Å². The van der Waals surface area contributed by atoms with Crippen LogP contribution in [0.4, 0.5) is 0 Å². The van der Waals surface area contributed by atoms with E-state index in [1.165, 1.54) is 0 Å². The lowest BCUT2D eigenvalue weighted by atomic mass is 10.3. The highest BCUT2D eigenvalue weighted by molar-refractivity contribution is 7.13. The molecule has 17 heavy (non-hydrogen) atoms. The number of carbonyl (C=O) groups excluding carboxylic acids is 1. The second-order valence-corrected chi connectivity index (χ2v) is 5.42. The van der Waals surface area contributed by atoms with Gasteiger partial charge in [-0.1, -0.05) is 0 Å². The van der Waals surface area contributed by atoms with Crippen molar-refractivity contribution in [1.82, 2.24) is 9.80 Å². The van der Waals surface area contributed by atoms with Crippen LogP contribution < -0.4 is 0 Å². The molecule has 0 bridgehead atoms. The molecule has 5 heteroatoms. The summed E-state index contributed by atoms with van der Waals surface area (Å²) >= 11 is 1.54. The van der Waals surface area contributed by atoms with E-state index in [1.807, 2.05) is 24.0 Å². The molecular formula is C12H15N3OS. The van der Waals surface area contributed by atoms with Crippen molar-refractivity contribution in [1.29, 1.82) is 5.26 Å². The molecule has 1 amide bonds. The molecule has 0 unspecified atom stereocenters. The number of nitrogens with zero attached hydrogens (tertiary/aromatic N) is 3. The number of aryl methyl sites for hydroxylation is 1. The smallest absolute Gasteiger partial charge is 0.264 e. The molecule has 1 aromatic rings. The topological polar surface area (TPSA) is 47.3 Å². The Hall–Kier alpha value is -1.38. The molecule has 0 aliphatic carbocycles. The first-order valence-corrected chi connectivity index (χ1v) is 6.47. The van der Waals surface area contributed by atoms with Gasteiger partial charge in [-0.3, -0.25) is 9.69 Å². The molecule has 0 N–H and O–H groups in total. The summed E-state index contributed by atoms with van der Waals surface area (Å²) in [4.78, 5) is 18.1. The first kappa shape index (κ1) is 12.1. The van der Waals surface area contributed by atoms with E-state index in [4.69, 9.17) is 5.26 Å². The summed E-state index contributed by atoms with van der Waals surface area (Å²) in [5.74, 6) is 0.125. The molecule has 0 atom stereocenters. The predicted molar refractivity (Wildman–Crippen MR) is 67.0 cm³/mol. The van der Waals surface area contributed by atoms with E-state index in [2.05, 4.69) is 11.0 Å². The van der Waals surface area contributed by atoms with Gasteiger partial charge in [0, 0.05) is 31.1 Å². The summed E-state index contributed by atoms with van der Waals surface area (Å²) in [6.07, 6.45) is 0. The van der Waals surface area contributed by atoms with Gasteiger partial charge < -0.3 is 4.90 Å². The standard InChI is InChI=1S/C12H15N3OS/c1-10-2-3-11(17-10)12(16)15-8-6-14(5-4-13)7-9-15/h2-3H,5-9H2,1H3. The zero-order chi connectivity index (χ0) is 12.3. The molecule has 0 radical (unpaired) electrons. The van der Waals surface area contributed by atoms with Crippen LogP contribution in [0.5, 0.6) is 0 Å². The van der Waals surface area contributed by atoms with Crippen molar-refractivity contribution in [2.24, 2.45) is 0 Å². The van der Waals surface area contributed by atoms with Gasteiger partial charge in [-0.05, 0) is 19.1 Å². The molecule has 2 rings (SSSR count). The highest BCUT2D eigenvalue weighted by Gasteiger charge is 2.22. The molecule has 0 spiro atoms. The van der Waals surface area contributed by atoms with Gasteiger partial charge in [-0.25, -0.2) is 0 Å². The Morgan fingerprint density at radius 2 is 2.12 bits per heavy atom. The average Bonchev–Trinajstić information content (AvgIpc) is 2.76. The first-order chi connectivity index (χ1) is 8.20. The zero-order valence-electron chi connectivity index (χ0n) is 9.85. The third-order valence-corrected chi connectivity index (χ3v) is 3.89. The molecule has 1 saturated heterocycles. The molecule has 1 aliphatic heterocycles. The molecular weight excluding hydrogens is 234 g/mol. The molecule has 1 aliphatic rings. The Bertz CT molecular complexity index is 441. The molecule has 0 aromatic carbocycles. The lowest BCUT2D eigenvalue weighted by molar-refractivity contribution is 0.0656. The van der Waals surface area contributed by atoms with Crippen molar-refractivity contribution in [3.63, 3.8) is 0 Å². The van der Waals surface area contributed by atoms with Crippen LogP contribution in [0.25, 0.3) is 0 Å². The number of rotatable bonds is 2. The summed E-state index contributed by atoms with van der Waals surface area (Å²) in [6, 6.07) is 6.01. The molecule has 1 fully saturated rings. The Labute approximate surface area is 105 Å². The molecule has 4 nitrogen and oxygen atoms in total. The maximum absolute atomic E-state index is 12.1. The van der Waals surface area contributed by atoms with Gasteiger partial charge in [0.25, 0.3) is 5.91 Å². The number of carbonyl (C=O) groups is 1. The highest BCUT2D eigenvalue weighted by Crippen LogP contribution is 2.18. The number of hydrogen-bond acceptors (Lipinski definition) is 4. The fourth-order valence-corrected chi connectivity index (χ4v) is 2.75. The van der Waals surface area contributed by atoms with Crippen LogP contribution in [-0.4, -0.2) is 48.4 Å². The van der Waals surface area contributed by atoms with Gasteiger partial charge in [0.1, 0.15) is 0 Å². The zero-order valence-corrected chi connectivity index (χ0v) is 10.7. The third-order valence-electron chi connectivity index (χ3n) is 2.90. The van der Waals surface area contributed by atoms with E-state index in [9.17, 15) is 4.79 Å². The fourth-order valence-electron chi connectivity index (χ4n) is 1.91. The van der Waals surface area contributed by atoms with Crippen LogP contribution >= 0.6 is 11.3 Å². The quantitative estimate of drug-likeness (QED) is 0.743. The van der Waals surface area contributed by atoms with E-state index in [1.54, 1.807) is 11.3 Å². The number of piperazine rings is 1. The normalized spacial score (nSPS) is 16.8. The summed E-state index contributed by atoms with van der Waals surface area (Å²) < 4.78 is 0. The van der Waals surface area contributed by atoms with E-state index in [0.717, 1.165) is 35.9 Å². The molecule has 1 aromatic heterocycles. The van der Waals surface area contributed by atoms with Crippen LogP contribution in [-0.2, 0) is 0 Å². The lowest BCUT2D eigenvalue weighted by Gasteiger charge is -2.33. The van der Waals surface area contributed by atoms with E-state index >= 15 is 0 Å². The highest BCUT2D eigenvalue weighted by atomic mass is 32.1. The number of nitriles is 1. The first-order valence-electron chi connectivity index (χ1n) is 5.65. The van der Waals surface area contributed by atoms with Crippen molar-refractivity contribution < 1.29 is 4.79 Å². The summed E-state index contributed by atoms with van der Waals surface area (Å²) in [5.41, 5.74) is 0. The summed E-state index contributed by atoms with van der Waals surface area (Å²) in [5, 5.41) is 8.60. The third kappa shape index (κ3) is 2.84. The van der Waals surface area contributed by atoms with Crippen LogP contribution in [0.15, 0.2) is 12.1 Å². The molecule has 90 valence electrons. The lowest BCUT2D eigenvalue weighted by Crippen LogP contribution is -2.48. The Morgan fingerprint density at radius 1 is 1.41 bits per heavy atom. The second kappa shape index (κ2) is 5.30. The largest absolute Gasteiger partial charge is 0.335 e. The van der Waals surface area contributed by atoms with Crippen LogP contribution in [0.3, 0.4) is 0 Å². The van der Waals surface area contributed by atoms with Crippen molar-refractivity contribution in [3.8, 4) is 6.07 Å². The van der Waals surface area contributed by atoms with Crippen molar-refractivity contribution >= 4 is 17.2 Å². The molecule has 0 saturated carbocycles. The minimum atomic E-state index is 0.125. The monoisotopic (exact) mass is 249 g/mol. The minimum absolute atomic E-state index is 0.125. The van der Waals surface area contributed by atoms with E-state index < -0.39 is 0 Å². The van der Waals surface area contributed by atoms with Gasteiger partial charge in [-0.2, -0.15) is 5.26 Å². The van der Waals surface area contributed by atoms with Gasteiger partial charge in [0.15, 0.2) is 0 Å². The van der Waals surface area contributed by atoms with Gasteiger partial charge in [0.05, 0.1) is 17.5 Å². The summed E-state index contributed by atoms with van der Waals surface area (Å²) in [6.45, 7) is 5.49. The minimum Gasteiger partial charge on any atom is -0.335 e. The predicted octanol–water partition coefficient (Wildman–Crippen LogP) is 1.34. The van der Waals surface area contributed by atoms with E-state index in [-0.39, 0.29) is 5.91 Å². The Morgan fingerprint density at radius 3 is 2.65 bits per heavy atom. The molecule has 2 heterocycles. The maximum atomic E-state index is 12.1. The number of amides is 1. The van der Waals surface area contributed by atoms with Crippen molar-refractivity contribution in [3.05, 3.63) is 21.9 Å². The number of hydrogen-bond donors (Lipinski definition) is 0. The van der Waals surface area contributed by atoms with E-state index in [0.29, 0.717) is 6.54 Å². The Balaban J connectivity index is 1.93. The second-order valence-electron chi connectivity index (χ2n) is 4.14. The van der Waals surface area contributed by atoms with Crippen molar-refractivity contribution in [2.45, 2.75) is 6.92 Å².